The van der Waals surface area contributed by atoms with Crippen molar-refractivity contribution in [3.63, 3.8) is 0 Å². The number of rotatable bonds is 3. The van der Waals surface area contributed by atoms with Crippen LogP contribution >= 0.6 is 0 Å². The third-order valence-corrected chi connectivity index (χ3v) is 10.6. The smallest absolute Gasteiger partial charge is 0.135 e. The molecule has 10 aromatic rings. The molecule has 0 aliphatic heterocycles. The average molecular weight is 625 g/mol. The van der Waals surface area contributed by atoms with Crippen molar-refractivity contribution < 1.29 is 4.42 Å². The molecule has 0 N–H and O–H groups in total. The van der Waals surface area contributed by atoms with Gasteiger partial charge in [-0.3, -0.25) is 0 Å². The molecule has 1 aliphatic carbocycles. The second-order valence-electron chi connectivity index (χ2n) is 13.3. The summed E-state index contributed by atoms with van der Waals surface area (Å²) in [6.45, 7) is 0. The van der Waals surface area contributed by atoms with Gasteiger partial charge >= 0.3 is 0 Å². The molecule has 228 valence electrons. The van der Waals surface area contributed by atoms with Crippen molar-refractivity contribution in [2.24, 2.45) is 0 Å². The van der Waals surface area contributed by atoms with Crippen LogP contribution in [0.2, 0.25) is 0 Å². The summed E-state index contributed by atoms with van der Waals surface area (Å²) in [5.74, 6) is 0. The number of nitrogens with zero attached hydrogens (tertiary/aromatic N) is 2. The summed E-state index contributed by atoms with van der Waals surface area (Å²) in [6.07, 6.45) is 1.99. The number of aromatic nitrogens is 2. The zero-order valence-corrected chi connectivity index (χ0v) is 26.6. The molecule has 0 spiro atoms. The second-order valence-corrected chi connectivity index (χ2v) is 13.3. The lowest BCUT2D eigenvalue weighted by Gasteiger charge is -2.19. The lowest BCUT2D eigenvalue weighted by molar-refractivity contribution is 0.669. The van der Waals surface area contributed by atoms with E-state index in [1.807, 2.05) is 12.1 Å². The molecule has 3 heteroatoms. The van der Waals surface area contributed by atoms with Gasteiger partial charge < -0.3 is 4.42 Å². The lowest BCUT2D eigenvalue weighted by atomic mass is 9.85. The van der Waals surface area contributed by atoms with E-state index in [4.69, 9.17) is 14.4 Å². The van der Waals surface area contributed by atoms with Crippen molar-refractivity contribution in [2.75, 3.05) is 0 Å². The highest BCUT2D eigenvalue weighted by molar-refractivity contribution is 6.12. The number of fused-ring (bicyclic) bond motifs is 6. The largest absolute Gasteiger partial charge is 0.456 e. The van der Waals surface area contributed by atoms with E-state index in [9.17, 15) is 0 Å². The molecule has 11 rings (SSSR count). The Bertz CT molecular complexity index is 3030. The van der Waals surface area contributed by atoms with Crippen molar-refractivity contribution in [2.45, 2.75) is 12.8 Å². The van der Waals surface area contributed by atoms with Gasteiger partial charge in [-0.1, -0.05) is 115 Å². The van der Waals surface area contributed by atoms with Gasteiger partial charge in [-0.2, -0.15) is 0 Å². The van der Waals surface area contributed by atoms with Crippen LogP contribution in [-0.2, 0) is 6.42 Å². The van der Waals surface area contributed by atoms with E-state index in [0.29, 0.717) is 0 Å². The molecule has 0 atom stereocenters. The monoisotopic (exact) mass is 624 g/mol. The number of furan rings is 1. The van der Waals surface area contributed by atoms with Gasteiger partial charge in [-0.15, -0.1) is 0 Å². The van der Waals surface area contributed by atoms with Crippen molar-refractivity contribution in [3.8, 4) is 22.4 Å². The van der Waals surface area contributed by atoms with Crippen LogP contribution in [0.25, 0.3) is 93.2 Å². The number of para-hydroxylation sites is 1. The van der Waals surface area contributed by atoms with Crippen molar-refractivity contribution >= 4 is 70.9 Å². The predicted octanol–water partition coefficient (Wildman–Crippen LogP) is 11.2. The molecule has 0 bridgehead atoms. The Kier molecular flexibility index (Phi) is 5.50. The van der Waals surface area contributed by atoms with Crippen LogP contribution in [-0.4, -0.2) is 9.97 Å². The molecule has 0 fully saturated rings. The highest BCUT2D eigenvalue weighted by Crippen LogP contribution is 2.35. The highest BCUT2D eigenvalue weighted by Gasteiger charge is 2.18. The summed E-state index contributed by atoms with van der Waals surface area (Å²) < 4.78 is 6.05. The van der Waals surface area contributed by atoms with E-state index in [0.717, 1.165) is 84.7 Å². The number of aryl methyl sites for hydroxylation is 1. The molecule has 7 aromatic carbocycles. The van der Waals surface area contributed by atoms with Gasteiger partial charge in [0.2, 0.25) is 0 Å². The maximum Gasteiger partial charge on any atom is 0.135 e. The third kappa shape index (κ3) is 4.03. The average Bonchev–Trinajstić information content (AvgIpc) is 3.54. The fourth-order valence-electron chi connectivity index (χ4n) is 8.11. The molecule has 3 aromatic heterocycles. The standard InChI is InChI=1S/C46H28N2O/c1-2-7-41-36(6-1)38-26-34(20-25-42(38)49-41)27-8-10-28(11-9-27)39-23-18-32-14-15-33-19-24-40(48-46(33)45(32)47-39)35-21-16-31-13-12-29-4-3-5-30-17-22-37(35)44(31)43(29)30/h1-15,17-20,22-26H,16,21H2. The Hall–Kier alpha value is -6.32. The van der Waals surface area contributed by atoms with Gasteiger partial charge in [-0.25, -0.2) is 9.97 Å². The number of pyridine rings is 2. The van der Waals surface area contributed by atoms with Gasteiger partial charge in [0.05, 0.1) is 22.4 Å². The Morgan fingerprint density at radius 3 is 1.92 bits per heavy atom. The summed E-state index contributed by atoms with van der Waals surface area (Å²) in [7, 11) is 0. The quantitative estimate of drug-likeness (QED) is 0.184. The molecule has 0 saturated carbocycles. The van der Waals surface area contributed by atoms with Crippen LogP contribution in [0.4, 0.5) is 0 Å². The van der Waals surface area contributed by atoms with E-state index in [2.05, 4.69) is 133 Å². The van der Waals surface area contributed by atoms with Crippen LogP contribution in [0, 0.1) is 0 Å². The first-order valence-corrected chi connectivity index (χ1v) is 16.9. The predicted molar refractivity (Wildman–Crippen MR) is 203 cm³/mol. The van der Waals surface area contributed by atoms with Crippen LogP contribution < -0.4 is 5.22 Å². The zero-order chi connectivity index (χ0) is 32.1. The fourth-order valence-corrected chi connectivity index (χ4v) is 8.11. The maximum absolute atomic E-state index is 6.05. The van der Waals surface area contributed by atoms with Crippen LogP contribution in [0.5, 0.6) is 0 Å². The van der Waals surface area contributed by atoms with E-state index in [-0.39, 0.29) is 0 Å². The topological polar surface area (TPSA) is 38.9 Å². The van der Waals surface area contributed by atoms with Crippen LogP contribution in [0.1, 0.15) is 17.7 Å². The molecule has 0 unspecified atom stereocenters. The Morgan fingerprint density at radius 1 is 0.429 bits per heavy atom. The van der Waals surface area contributed by atoms with E-state index >= 15 is 0 Å². The molecule has 49 heavy (non-hydrogen) atoms. The minimum atomic E-state index is 0.911. The number of benzene rings is 7. The molecule has 3 heterocycles. The molecule has 0 saturated heterocycles. The van der Waals surface area contributed by atoms with Crippen LogP contribution in [0.15, 0.2) is 150 Å². The van der Waals surface area contributed by atoms with Crippen molar-refractivity contribution in [1.29, 1.82) is 0 Å². The number of hydrogen-bond acceptors (Lipinski definition) is 3. The molecular formula is C46H28N2O. The Labute approximate surface area is 281 Å². The summed E-state index contributed by atoms with van der Waals surface area (Å²) in [4.78, 5) is 10.6. The van der Waals surface area contributed by atoms with Crippen LogP contribution in [0.3, 0.4) is 0 Å². The van der Waals surface area contributed by atoms with E-state index in [1.165, 1.54) is 37.9 Å². The van der Waals surface area contributed by atoms with E-state index in [1.54, 1.807) is 0 Å². The Morgan fingerprint density at radius 2 is 1.08 bits per heavy atom. The van der Waals surface area contributed by atoms with Gasteiger partial charge in [0.1, 0.15) is 11.2 Å². The molecule has 3 nitrogen and oxygen atoms in total. The fraction of sp³-hybridized carbons (Fsp3) is 0.0435. The molecule has 1 aliphatic rings. The van der Waals surface area contributed by atoms with E-state index < -0.39 is 0 Å². The molecular weight excluding hydrogens is 597 g/mol. The summed E-state index contributed by atoms with van der Waals surface area (Å²) >= 11 is 0. The second kappa shape index (κ2) is 10.1. The third-order valence-electron chi connectivity index (χ3n) is 10.6. The number of hydrogen-bond donors (Lipinski definition) is 0. The van der Waals surface area contributed by atoms with Gasteiger partial charge in [0.25, 0.3) is 0 Å². The minimum Gasteiger partial charge on any atom is -0.456 e. The summed E-state index contributed by atoms with van der Waals surface area (Å²) in [5, 5.41) is 11.1. The Balaban J connectivity index is 1.02. The zero-order valence-electron chi connectivity index (χ0n) is 26.6. The summed E-state index contributed by atoms with van der Waals surface area (Å²) in [6, 6.07) is 52.2. The summed E-state index contributed by atoms with van der Waals surface area (Å²) in [5.41, 5.74) is 11.9. The van der Waals surface area contributed by atoms with Gasteiger partial charge in [-0.05, 0) is 92.2 Å². The first-order chi connectivity index (χ1) is 24.2. The molecule has 0 amide bonds. The SMILES string of the molecule is c1cc2ccc3c4c(ccc(c1)c24)=C(c1ccc2ccc4ccc(-c5ccc(-c6ccc7oc8ccccc8c7c6)cc5)nc4c2n1)CC3. The first kappa shape index (κ1) is 26.7. The maximum atomic E-state index is 6.05. The van der Waals surface area contributed by atoms with Gasteiger partial charge in [0, 0.05) is 27.1 Å². The minimum absolute atomic E-state index is 0.911. The normalized spacial score (nSPS) is 13.1. The molecule has 0 radical (unpaired) electrons. The van der Waals surface area contributed by atoms with Crippen molar-refractivity contribution in [3.05, 3.63) is 162 Å². The highest BCUT2D eigenvalue weighted by atomic mass is 16.3. The van der Waals surface area contributed by atoms with Crippen molar-refractivity contribution in [1.82, 2.24) is 9.97 Å². The van der Waals surface area contributed by atoms with Gasteiger partial charge in [0.15, 0.2) is 0 Å². The first-order valence-electron chi connectivity index (χ1n) is 16.9. The lowest BCUT2D eigenvalue weighted by Crippen LogP contribution is -2.16.